The Bertz CT molecular complexity index is 1250. The van der Waals surface area contributed by atoms with Gasteiger partial charge in [-0.15, -0.1) is 0 Å². The second-order valence-electron chi connectivity index (χ2n) is 12.0. The van der Waals surface area contributed by atoms with Gasteiger partial charge in [0.25, 0.3) is 0 Å². The number of hydrogen-bond acceptors (Lipinski definition) is 7. The third-order valence-electron chi connectivity index (χ3n) is 9.15. The van der Waals surface area contributed by atoms with E-state index in [1.165, 1.54) is 0 Å². The maximum Gasteiger partial charge on any atom is 0.306 e. The first kappa shape index (κ1) is 30.9. The number of allylic oxidation sites excluding steroid dienone is 1. The molecule has 5 bridgehead atoms. The van der Waals surface area contributed by atoms with Crippen LogP contribution >= 0.6 is 0 Å². The van der Waals surface area contributed by atoms with Gasteiger partial charge >= 0.3 is 5.97 Å². The predicted molar refractivity (Wildman–Crippen MR) is 158 cm³/mol. The number of likely N-dealkylation sites (tertiary alicyclic amines) is 1. The van der Waals surface area contributed by atoms with Crippen LogP contribution in [0.25, 0.3) is 0 Å². The van der Waals surface area contributed by atoms with Crippen LogP contribution in [-0.4, -0.2) is 88.7 Å². The molecule has 1 unspecified atom stereocenters. The van der Waals surface area contributed by atoms with Gasteiger partial charge in [-0.25, -0.2) is 0 Å². The van der Waals surface area contributed by atoms with Crippen molar-refractivity contribution in [2.24, 2.45) is 11.8 Å². The van der Waals surface area contributed by atoms with E-state index in [-0.39, 0.29) is 55.9 Å². The lowest BCUT2D eigenvalue weighted by Gasteiger charge is -2.38. The highest BCUT2D eigenvalue weighted by atomic mass is 16.5. The second-order valence-corrected chi connectivity index (χ2v) is 12.0. The molecule has 3 amide bonds. The lowest BCUT2D eigenvalue weighted by molar-refractivity contribution is -0.149. The van der Waals surface area contributed by atoms with E-state index in [1.807, 2.05) is 55.5 Å². The van der Waals surface area contributed by atoms with Crippen LogP contribution in [0.2, 0.25) is 0 Å². The summed E-state index contributed by atoms with van der Waals surface area (Å²) in [7, 11) is 0. The molecule has 10 nitrogen and oxygen atoms in total. The van der Waals surface area contributed by atoms with Crippen LogP contribution in [0, 0.1) is 11.8 Å². The third-order valence-corrected chi connectivity index (χ3v) is 9.15. The minimum absolute atomic E-state index is 0.0192. The number of hydrogen-bond donors (Lipinski definition) is 2. The van der Waals surface area contributed by atoms with Crippen molar-refractivity contribution >= 4 is 23.7 Å². The van der Waals surface area contributed by atoms with Gasteiger partial charge in [0.15, 0.2) is 0 Å². The van der Waals surface area contributed by atoms with Crippen molar-refractivity contribution in [1.29, 1.82) is 0 Å². The van der Waals surface area contributed by atoms with Crippen molar-refractivity contribution in [1.82, 2.24) is 15.1 Å². The fraction of sp³-hybridized carbons (Fsp3) is 0.576. The van der Waals surface area contributed by atoms with Crippen LogP contribution in [0.1, 0.15) is 64.0 Å². The molecule has 5 rings (SSSR count). The third kappa shape index (κ3) is 5.99. The molecule has 0 saturated carbocycles. The number of benzene rings is 1. The lowest BCUT2D eigenvalue weighted by atomic mass is 9.74. The summed E-state index contributed by atoms with van der Waals surface area (Å²) >= 11 is 0. The van der Waals surface area contributed by atoms with E-state index in [2.05, 4.69) is 12.2 Å². The molecule has 0 aromatic heterocycles. The average molecular weight is 594 g/mol. The summed E-state index contributed by atoms with van der Waals surface area (Å²) in [4.78, 5) is 58.8. The fourth-order valence-corrected chi connectivity index (χ4v) is 7.03. The Morgan fingerprint density at radius 3 is 2.63 bits per heavy atom. The number of aliphatic hydroxyl groups excluding tert-OH is 1. The normalized spacial score (nSPS) is 32.5. The Balaban J connectivity index is 1.55. The molecule has 0 aliphatic carbocycles. The molecule has 232 valence electrons. The molecule has 10 heteroatoms. The maximum atomic E-state index is 14.6. The molecule has 2 saturated heterocycles. The minimum atomic E-state index is -1.27. The second kappa shape index (κ2) is 13.4. The number of amides is 3. The summed E-state index contributed by atoms with van der Waals surface area (Å²) in [5.74, 6) is -3.00. The first-order valence-electron chi connectivity index (χ1n) is 15.6. The zero-order valence-corrected chi connectivity index (χ0v) is 25.0. The lowest BCUT2D eigenvalue weighted by Crippen LogP contribution is -2.57. The van der Waals surface area contributed by atoms with Crippen molar-refractivity contribution < 1.29 is 33.8 Å². The van der Waals surface area contributed by atoms with Crippen molar-refractivity contribution in [3.63, 3.8) is 0 Å². The maximum absolute atomic E-state index is 14.6. The Hall–Kier alpha value is -3.50. The number of carbonyl (C=O) groups is 4. The van der Waals surface area contributed by atoms with Crippen molar-refractivity contribution in [3.8, 4) is 0 Å². The van der Waals surface area contributed by atoms with Gasteiger partial charge in [-0.05, 0) is 38.2 Å². The number of nitrogens with one attached hydrogen (secondary N) is 1. The Morgan fingerprint density at radius 1 is 1.09 bits per heavy atom. The average Bonchev–Trinajstić information content (AvgIpc) is 3.64. The SMILES string of the molecule is CCCC(C)N1C/C=C\CCC(=O)OC[C@H](c2ccccc2)NC(=O)[C@@H]2[C@H]3C(=O)N(CCCCO)[C@H](C1=O)[C@]31C=C[C@H]2O1. The monoisotopic (exact) mass is 593 g/mol. The van der Waals surface area contributed by atoms with Gasteiger partial charge < -0.3 is 29.7 Å². The zero-order chi connectivity index (χ0) is 30.6. The quantitative estimate of drug-likeness (QED) is 0.270. The van der Waals surface area contributed by atoms with Gasteiger partial charge in [-0.2, -0.15) is 0 Å². The van der Waals surface area contributed by atoms with Gasteiger partial charge in [0.05, 0.1) is 24.0 Å². The fourth-order valence-electron chi connectivity index (χ4n) is 7.03. The highest BCUT2D eigenvalue weighted by Gasteiger charge is 2.73. The van der Waals surface area contributed by atoms with E-state index in [4.69, 9.17) is 9.47 Å². The van der Waals surface area contributed by atoms with Crippen molar-refractivity contribution in [2.45, 2.75) is 82.2 Å². The number of unbranched alkanes of at least 4 members (excludes halogenated alkanes) is 1. The van der Waals surface area contributed by atoms with E-state index in [0.717, 1.165) is 18.4 Å². The summed E-state index contributed by atoms with van der Waals surface area (Å²) in [5, 5.41) is 12.5. The molecule has 4 heterocycles. The highest BCUT2D eigenvalue weighted by Crippen LogP contribution is 2.55. The number of ether oxygens (including phenoxy) is 2. The van der Waals surface area contributed by atoms with Crippen LogP contribution < -0.4 is 5.32 Å². The number of cyclic esters (lactones) is 1. The van der Waals surface area contributed by atoms with Crippen LogP contribution in [-0.2, 0) is 28.7 Å². The van der Waals surface area contributed by atoms with Crippen molar-refractivity contribution in [2.75, 3.05) is 26.3 Å². The molecule has 1 aromatic rings. The topological polar surface area (TPSA) is 125 Å². The molecule has 1 spiro atoms. The summed E-state index contributed by atoms with van der Waals surface area (Å²) in [6.07, 6.45) is 10.0. The summed E-state index contributed by atoms with van der Waals surface area (Å²) in [5.41, 5.74) is -0.496. The number of aliphatic hydroxyl groups is 1. The number of esters is 1. The molecule has 2 fully saturated rings. The van der Waals surface area contributed by atoms with Crippen LogP contribution in [0.5, 0.6) is 0 Å². The Labute approximate surface area is 253 Å². The molecular weight excluding hydrogens is 550 g/mol. The van der Waals surface area contributed by atoms with Crippen molar-refractivity contribution in [3.05, 3.63) is 60.2 Å². The summed E-state index contributed by atoms with van der Waals surface area (Å²) in [6.45, 7) is 4.59. The molecule has 4 aliphatic rings. The van der Waals surface area contributed by atoms with Gasteiger partial charge in [0.2, 0.25) is 17.7 Å². The molecule has 4 aliphatic heterocycles. The van der Waals surface area contributed by atoms with E-state index in [9.17, 15) is 24.3 Å². The Morgan fingerprint density at radius 2 is 1.88 bits per heavy atom. The first-order chi connectivity index (χ1) is 20.8. The zero-order valence-electron chi connectivity index (χ0n) is 25.0. The molecular formula is C33H43N3O7. The van der Waals surface area contributed by atoms with E-state index < -0.39 is 35.6 Å². The molecule has 7 atom stereocenters. The van der Waals surface area contributed by atoms with E-state index in [1.54, 1.807) is 15.9 Å². The van der Waals surface area contributed by atoms with Crippen LogP contribution in [0.3, 0.4) is 0 Å². The minimum Gasteiger partial charge on any atom is -0.463 e. The van der Waals surface area contributed by atoms with Gasteiger partial charge in [0.1, 0.15) is 18.2 Å². The standard InChI is InChI=1S/C33H43N3O7/c1-3-12-22(2)35-18-9-5-8-15-26(38)42-21-24(23-13-6-4-7-14-23)34-30(39)27-25-16-17-33(43-25)28(27)31(40)36(19-10-11-20-37)29(33)32(35)41/h4-7,9,13-14,16-17,22,24-25,27-29,37H,3,8,10-12,15,18-21H2,1-2H3,(H,34,39)/b9-5-/t22?,24-,25-,27+,28+,29-,33+/m1/s1. The Kier molecular flexibility index (Phi) is 9.66. The van der Waals surface area contributed by atoms with Crippen LogP contribution in [0.15, 0.2) is 54.6 Å². The highest BCUT2D eigenvalue weighted by molar-refractivity contribution is 6.00. The number of fused-ring (bicyclic) bond motifs is 2. The molecule has 43 heavy (non-hydrogen) atoms. The molecule has 1 aromatic carbocycles. The largest absolute Gasteiger partial charge is 0.463 e. The van der Waals surface area contributed by atoms with Gasteiger partial charge in [-0.3, -0.25) is 19.2 Å². The summed E-state index contributed by atoms with van der Waals surface area (Å²) in [6, 6.07) is 7.62. The number of rotatable bonds is 8. The molecule has 0 radical (unpaired) electrons. The predicted octanol–water partition coefficient (Wildman–Crippen LogP) is 2.68. The summed E-state index contributed by atoms with van der Waals surface area (Å²) < 4.78 is 12.1. The number of carbonyl (C=O) groups excluding carboxylic acids is 4. The molecule has 2 N–H and O–H groups in total. The van der Waals surface area contributed by atoms with Crippen LogP contribution in [0.4, 0.5) is 0 Å². The van der Waals surface area contributed by atoms with E-state index >= 15 is 0 Å². The van der Waals surface area contributed by atoms with E-state index in [0.29, 0.717) is 25.8 Å². The van der Waals surface area contributed by atoms with Gasteiger partial charge in [0, 0.05) is 32.2 Å². The smallest absolute Gasteiger partial charge is 0.306 e. The first-order valence-corrected chi connectivity index (χ1v) is 15.6. The van der Waals surface area contributed by atoms with Gasteiger partial charge in [-0.1, -0.05) is 68.0 Å². The number of nitrogens with zero attached hydrogens (tertiary/aromatic N) is 2.